The fourth-order valence-electron chi connectivity index (χ4n) is 6.96. The van der Waals surface area contributed by atoms with Crippen molar-refractivity contribution >= 4 is 5.91 Å². The lowest BCUT2D eigenvalue weighted by atomic mass is 9.65. The van der Waals surface area contributed by atoms with E-state index in [0.717, 1.165) is 49.2 Å². The summed E-state index contributed by atoms with van der Waals surface area (Å²) in [4.78, 5) is 33.9. The molecule has 5 rings (SSSR count). The van der Waals surface area contributed by atoms with E-state index in [1.807, 2.05) is 42.2 Å². The first-order valence-electron chi connectivity index (χ1n) is 13.1. The zero-order valence-electron chi connectivity index (χ0n) is 22.0. The summed E-state index contributed by atoms with van der Waals surface area (Å²) in [5, 5.41) is 0. The van der Waals surface area contributed by atoms with Crippen molar-refractivity contribution in [2.24, 2.45) is 10.8 Å². The number of likely N-dealkylation sites (tertiary alicyclic amines) is 1. The average Bonchev–Trinajstić information content (AvgIpc) is 3.09. The van der Waals surface area contributed by atoms with Gasteiger partial charge in [0.2, 0.25) is 0 Å². The minimum atomic E-state index is -0.155. The van der Waals surface area contributed by atoms with E-state index >= 15 is 0 Å². The summed E-state index contributed by atoms with van der Waals surface area (Å²) in [6.45, 7) is 10.2. The highest BCUT2D eigenvalue weighted by molar-refractivity contribution is 5.96. The zero-order chi connectivity index (χ0) is 25.5. The largest absolute Gasteiger partial charge is 0.343 e. The van der Waals surface area contributed by atoms with Crippen LogP contribution >= 0.6 is 0 Å². The number of aromatic nitrogens is 2. The van der Waals surface area contributed by atoms with Gasteiger partial charge in [0.1, 0.15) is 5.56 Å². The van der Waals surface area contributed by atoms with Crippen molar-refractivity contribution in [1.82, 2.24) is 14.5 Å². The van der Waals surface area contributed by atoms with E-state index in [0.29, 0.717) is 18.5 Å². The first-order chi connectivity index (χ1) is 17.1. The van der Waals surface area contributed by atoms with E-state index in [2.05, 4.69) is 42.5 Å². The molecular formula is C31H37N3O2. The van der Waals surface area contributed by atoms with Crippen LogP contribution in [0.15, 0.2) is 65.7 Å². The van der Waals surface area contributed by atoms with Crippen LogP contribution in [0.3, 0.4) is 0 Å². The molecule has 1 saturated heterocycles. The van der Waals surface area contributed by atoms with Gasteiger partial charge in [0, 0.05) is 49.0 Å². The third kappa shape index (κ3) is 4.88. The maximum absolute atomic E-state index is 14.2. The van der Waals surface area contributed by atoms with Crippen LogP contribution in [-0.2, 0) is 19.4 Å². The topological polar surface area (TPSA) is 55.2 Å². The predicted octanol–water partition coefficient (Wildman–Crippen LogP) is 5.43. The molecule has 5 heteroatoms. The quantitative estimate of drug-likeness (QED) is 0.470. The molecule has 3 aromatic rings. The molecule has 2 bridgehead atoms. The van der Waals surface area contributed by atoms with Crippen LogP contribution in [0, 0.1) is 17.8 Å². The molecular weight excluding hydrogens is 446 g/mol. The Bertz CT molecular complexity index is 1310. The molecule has 2 unspecified atom stereocenters. The molecule has 2 atom stereocenters. The Morgan fingerprint density at radius 1 is 1.00 bits per heavy atom. The second-order valence-corrected chi connectivity index (χ2v) is 12.0. The van der Waals surface area contributed by atoms with Crippen LogP contribution in [-0.4, -0.2) is 32.9 Å². The highest BCUT2D eigenvalue weighted by Gasteiger charge is 2.51. The molecule has 1 saturated carbocycles. The van der Waals surface area contributed by atoms with Gasteiger partial charge in [-0.1, -0.05) is 51.1 Å². The molecule has 2 fully saturated rings. The minimum absolute atomic E-state index is 0.0852. The van der Waals surface area contributed by atoms with Crippen molar-refractivity contribution in [3.8, 4) is 0 Å². The van der Waals surface area contributed by atoms with E-state index < -0.39 is 0 Å². The molecule has 0 spiro atoms. The van der Waals surface area contributed by atoms with Crippen LogP contribution in [0.4, 0.5) is 0 Å². The number of carbonyl (C=O) groups is 1. The number of hydrogen-bond acceptors (Lipinski definition) is 3. The maximum atomic E-state index is 14.2. The van der Waals surface area contributed by atoms with Crippen LogP contribution in [0.25, 0.3) is 0 Å². The van der Waals surface area contributed by atoms with Gasteiger partial charge in [0.05, 0.1) is 0 Å². The fourth-order valence-corrected chi connectivity index (χ4v) is 6.96. The van der Waals surface area contributed by atoms with Crippen molar-refractivity contribution in [2.75, 3.05) is 6.54 Å². The standard InChI is InChI=1S/C31H37N3O2/c1-22-16-27(35)28(29(36)34-21-31(4)18-25(34)17-30(2,3)20-31)26(11-10-23-8-6-5-7-9-23)33(22)19-24-12-14-32-15-13-24/h5-9,12-16,25H,10-11,17-21H2,1-4H3. The Hall–Kier alpha value is -3.21. The van der Waals surface area contributed by atoms with Gasteiger partial charge in [0.15, 0.2) is 5.43 Å². The first-order valence-corrected chi connectivity index (χ1v) is 13.1. The summed E-state index contributed by atoms with van der Waals surface area (Å²) in [6.07, 6.45) is 8.11. The highest BCUT2D eigenvalue weighted by atomic mass is 16.2. The van der Waals surface area contributed by atoms with Crippen molar-refractivity contribution in [2.45, 2.75) is 72.4 Å². The minimum Gasteiger partial charge on any atom is -0.343 e. The third-order valence-corrected chi connectivity index (χ3v) is 8.10. The average molecular weight is 484 g/mol. The number of nitrogens with zero attached hydrogens (tertiary/aromatic N) is 3. The second kappa shape index (κ2) is 9.34. The Kier molecular flexibility index (Phi) is 6.36. The number of benzene rings is 1. The van der Waals surface area contributed by atoms with Gasteiger partial charge in [-0.25, -0.2) is 0 Å². The lowest BCUT2D eigenvalue weighted by Gasteiger charge is -2.39. The number of fused-ring (bicyclic) bond motifs is 2. The summed E-state index contributed by atoms with van der Waals surface area (Å²) < 4.78 is 2.17. The second-order valence-electron chi connectivity index (χ2n) is 12.0. The molecule has 2 aliphatic rings. The van der Waals surface area contributed by atoms with Gasteiger partial charge in [-0.3, -0.25) is 14.6 Å². The van der Waals surface area contributed by atoms with Crippen LogP contribution in [0.2, 0.25) is 0 Å². The summed E-state index contributed by atoms with van der Waals surface area (Å²) in [5.41, 5.74) is 4.55. The Morgan fingerprint density at radius 2 is 1.72 bits per heavy atom. The normalized spacial score (nSPS) is 22.6. The maximum Gasteiger partial charge on any atom is 0.259 e. The molecule has 0 N–H and O–H groups in total. The van der Waals surface area contributed by atoms with Crippen molar-refractivity contribution in [3.05, 3.63) is 99.2 Å². The van der Waals surface area contributed by atoms with E-state index in [1.165, 1.54) is 5.56 Å². The number of carbonyl (C=O) groups excluding carboxylic acids is 1. The monoisotopic (exact) mass is 483 g/mol. The van der Waals surface area contributed by atoms with Gasteiger partial charge < -0.3 is 9.47 Å². The molecule has 0 radical (unpaired) electrons. The summed E-state index contributed by atoms with van der Waals surface area (Å²) in [6, 6.07) is 16.1. The predicted molar refractivity (Wildman–Crippen MR) is 143 cm³/mol. The van der Waals surface area contributed by atoms with E-state index in [4.69, 9.17) is 0 Å². The SMILES string of the molecule is Cc1cc(=O)c(C(=O)N2CC3(C)CC2CC(C)(C)C3)c(CCc2ccccc2)n1Cc1ccncc1. The van der Waals surface area contributed by atoms with Gasteiger partial charge >= 0.3 is 0 Å². The molecule has 5 nitrogen and oxygen atoms in total. The number of pyridine rings is 2. The number of rotatable bonds is 6. The van der Waals surface area contributed by atoms with E-state index in [9.17, 15) is 9.59 Å². The van der Waals surface area contributed by atoms with Crippen LogP contribution in [0.5, 0.6) is 0 Å². The molecule has 1 aromatic carbocycles. The number of amides is 1. The summed E-state index contributed by atoms with van der Waals surface area (Å²) >= 11 is 0. The molecule has 1 aliphatic carbocycles. The van der Waals surface area contributed by atoms with Gasteiger partial charge in [0.25, 0.3) is 5.91 Å². The highest BCUT2D eigenvalue weighted by Crippen LogP contribution is 2.52. The summed E-state index contributed by atoms with van der Waals surface area (Å²) in [5.74, 6) is -0.0852. The number of aryl methyl sites for hydroxylation is 2. The van der Waals surface area contributed by atoms with Crippen LogP contribution < -0.4 is 5.43 Å². The molecule has 3 heterocycles. The van der Waals surface area contributed by atoms with Crippen molar-refractivity contribution in [1.29, 1.82) is 0 Å². The van der Waals surface area contributed by atoms with Crippen molar-refractivity contribution < 1.29 is 4.79 Å². The lowest BCUT2D eigenvalue weighted by molar-refractivity contribution is 0.0704. The van der Waals surface area contributed by atoms with Gasteiger partial charge in [-0.2, -0.15) is 0 Å². The van der Waals surface area contributed by atoms with E-state index in [-0.39, 0.29) is 28.2 Å². The molecule has 188 valence electrons. The molecule has 1 aliphatic heterocycles. The third-order valence-electron chi connectivity index (χ3n) is 8.10. The molecule has 36 heavy (non-hydrogen) atoms. The Labute approximate surface area is 214 Å². The molecule has 2 aromatic heterocycles. The van der Waals surface area contributed by atoms with Gasteiger partial charge in [-0.05, 0) is 73.1 Å². The number of hydrogen-bond donors (Lipinski definition) is 0. The van der Waals surface area contributed by atoms with Gasteiger partial charge in [-0.15, -0.1) is 0 Å². The van der Waals surface area contributed by atoms with Crippen LogP contribution in [0.1, 0.15) is 72.9 Å². The Balaban J connectivity index is 1.57. The fraction of sp³-hybridized carbons (Fsp3) is 0.452. The Morgan fingerprint density at radius 3 is 2.44 bits per heavy atom. The molecule has 1 amide bonds. The first kappa shape index (κ1) is 24.5. The van der Waals surface area contributed by atoms with Crippen molar-refractivity contribution in [3.63, 3.8) is 0 Å². The smallest absolute Gasteiger partial charge is 0.259 e. The lowest BCUT2D eigenvalue weighted by Crippen LogP contribution is -2.41. The zero-order valence-corrected chi connectivity index (χ0v) is 22.0. The summed E-state index contributed by atoms with van der Waals surface area (Å²) in [7, 11) is 0. The van der Waals surface area contributed by atoms with E-state index in [1.54, 1.807) is 18.5 Å².